The Morgan fingerprint density at radius 2 is 1.96 bits per heavy atom. The van der Waals surface area contributed by atoms with Crippen LogP contribution < -0.4 is 10.2 Å². The summed E-state index contributed by atoms with van der Waals surface area (Å²) in [7, 11) is 0. The quantitative estimate of drug-likeness (QED) is 0.864. The number of esters is 1. The van der Waals surface area contributed by atoms with Crippen LogP contribution in [0.15, 0.2) is 48.8 Å². The van der Waals surface area contributed by atoms with Gasteiger partial charge in [-0.15, -0.1) is 0 Å². The molecule has 0 bridgehead atoms. The molecule has 0 unspecified atom stereocenters. The Labute approximate surface area is 144 Å². The van der Waals surface area contributed by atoms with E-state index in [0.29, 0.717) is 16.9 Å². The fourth-order valence-corrected chi connectivity index (χ4v) is 2.74. The average Bonchev–Trinajstić information content (AvgIpc) is 2.74. The predicted molar refractivity (Wildman–Crippen MR) is 91.2 cm³/mol. The number of anilines is 2. The molecule has 0 radical (unpaired) electrons. The predicted octanol–water partition coefficient (Wildman–Crippen LogP) is 2.00. The minimum atomic E-state index is -0.597. The number of rotatable bonds is 3. The highest BCUT2D eigenvalue weighted by Gasteiger charge is 2.30. The van der Waals surface area contributed by atoms with Gasteiger partial charge in [-0.05, 0) is 31.2 Å². The van der Waals surface area contributed by atoms with Gasteiger partial charge in [-0.3, -0.25) is 14.6 Å². The number of carbonyl (C=O) groups excluding carboxylic acids is 3. The molecule has 2 amide bonds. The lowest BCUT2D eigenvalue weighted by Gasteiger charge is -2.27. The van der Waals surface area contributed by atoms with E-state index >= 15 is 0 Å². The topological polar surface area (TPSA) is 88.6 Å². The SMILES string of the molecule is C[C@H]1CC(=O)Nc2ccccc2N1C(=O)COC(=O)c1ccncc1. The Bertz CT molecular complexity index is 807. The minimum absolute atomic E-state index is 0.163. The van der Waals surface area contributed by atoms with Crippen molar-refractivity contribution in [2.45, 2.75) is 19.4 Å². The first-order valence-electron chi connectivity index (χ1n) is 7.84. The van der Waals surface area contributed by atoms with Gasteiger partial charge in [-0.2, -0.15) is 0 Å². The fourth-order valence-electron chi connectivity index (χ4n) is 2.74. The molecule has 0 saturated heterocycles. The van der Waals surface area contributed by atoms with Gasteiger partial charge in [0.1, 0.15) is 0 Å². The van der Waals surface area contributed by atoms with Crippen molar-refractivity contribution < 1.29 is 19.1 Å². The second-order valence-corrected chi connectivity index (χ2v) is 5.69. The van der Waals surface area contributed by atoms with Crippen LogP contribution in [-0.4, -0.2) is 35.4 Å². The number of ether oxygens (including phenoxy) is 1. The number of para-hydroxylation sites is 2. The van der Waals surface area contributed by atoms with Crippen LogP contribution in [0.25, 0.3) is 0 Å². The molecule has 0 fully saturated rings. The molecule has 0 spiro atoms. The number of pyridine rings is 1. The van der Waals surface area contributed by atoms with Crippen molar-refractivity contribution in [3.8, 4) is 0 Å². The van der Waals surface area contributed by atoms with Crippen LogP contribution in [0, 0.1) is 0 Å². The molecule has 1 aromatic heterocycles. The van der Waals surface area contributed by atoms with E-state index < -0.39 is 12.6 Å². The third-order valence-corrected chi connectivity index (χ3v) is 3.87. The first-order valence-corrected chi connectivity index (χ1v) is 7.84. The molecule has 0 saturated carbocycles. The molecule has 1 aliphatic heterocycles. The summed E-state index contributed by atoms with van der Waals surface area (Å²) in [6, 6.07) is 9.72. The molecule has 1 atom stereocenters. The van der Waals surface area contributed by atoms with Crippen LogP contribution in [0.3, 0.4) is 0 Å². The third-order valence-electron chi connectivity index (χ3n) is 3.87. The van der Waals surface area contributed by atoms with Crippen LogP contribution in [0.5, 0.6) is 0 Å². The normalized spacial score (nSPS) is 16.4. The number of amides is 2. The van der Waals surface area contributed by atoms with Crippen molar-refractivity contribution >= 4 is 29.2 Å². The molecule has 1 N–H and O–H groups in total. The number of hydrogen-bond acceptors (Lipinski definition) is 5. The van der Waals surface area contributed by atoms with E-state index in [0.717, 1.165) is 0 Å². The smallest absolute Gasteiger partial charge is 0.338 e. The summed E-state index contributed by atoms with van der Waals surface area (Å²) >= 11 is 0. The van der Waals surface area contributed by atoms with Crippen molar-refractivity contribution in [2.24, 2.45) is 0 Å². The van der Waals surface area contributed by atoms with Gasteiger partial charge in [0.05, 0.1) is 16.9 Å². The second kappa shape index (κ2) is 7.12. The largest absolute Gasteiger partial charge is 0.452 e. The first kappa shape index (κ1) is 16.6. The Morgan fingerprint density at radius 3 is 2.72 bits per heavy atom. The molecule has 1 aliphatic rings. The van der Waals surface area contributed by atoms with Crippen LogP contribution in [-0.2, 0) is 14.3 Å². The highest BCUT2D eigenvalue weighted by Crippen LogP contribution is 2.31. The highest BCUT2D eigenvalue weighted by atomic mass is 16.5. The van der Waals surface area contributed by atoms with Crippen LogP contribution in [0.4, 0.5) is 11.4 Å². The molecule has 2 heterocycles. The summed E-state index contributed by atoms with van der Waals surface area (Å²) in [4.78, 5) is 41.9. The molecule has 2 aromatic rings. The number of nitrogens with zero attached hydrogens (tertiary/aromatic N) is 2. The van der Waals surface area contributed by atoms with Crippen molar-refractivity contribution in [3.63, 3.8) is 0 Å². The van der Waals surface area contributed by atoms with E-state index in [1.54, 1.807) is 31.2 Å². The summed E-state index contributed by atoms with van der Waals surface area (Å²) in [5.41, 5.74) is 1.47. The molecule has 7 nitrogen and oxygen atoms in total. The molecule has 3 rings (SSSR count). The number of aromatic nitrogens is 1. The van der Waals surface area contributed by atoms with Gasteiger partial charge >= 0.3 is 5.97 Å². The van der Waals surface area contributed by atoms with Crippen molar-refractivity contribution in [1.29, 1.82) is 0 Å². The summed E-state index contributed by atoms with van der Waals surface area (Å²) in [6.45, 7) is 1.37. The van der Waals surface area contributed by atoms with E-state index in [4.69, 9.17) is 4.74 Å². The highest BCUT2D eigenvalue weighted by molar-refractivity contribution is 6.05. The molecule has 128 valence electrons. The summed E-state index contributed by atoms with van der Waals surface area (Å²) in [6.07, 6.45) is 3.12. The fraction of sp³-hybridized carbons (Fsp3) is 0.222. The number of nitrogens with one attached hydrogen (secondary N) is 1. The maximum Gasteiger partial charge on any atom is 0.338 e. The molecule has 25 heavy (non-hydrogen) atoms. The van der Waals surface area contributed by atoms with Gasteiger partial charge < -0.3 is 15.0 Å². The zero-order valence-corrected chi connectivity index (χ0v) is 13.6. The lowest BCUT2D eigenvalue weighted by atomic mass is 10.1. The first-order chi connectivity index (χ1) is 12.1. The Kier molecular flexibility index (Phi) is 4.74. The Morgan fingerprint density at radius 1 is 1.24 bits per heavy atom. The van der Waals surface area contributed by atoms with Gasteiger partial charge in [0.15, 0.2) is 6.61 Å². The molecule has 1 aromatic carbocycles. The summed E-state index contributed by atoms with van der Waals surface area (Å²) in [5, 5.41) is 2.78. The summed E-state index contributed by atoms with van der Waals surface area (Å²) in [5.74, 6) is -1.15. The van der Waals surface area contributed by atoms with Crippen LogP contribution in [0.1, 0.15) is 23.7 Å². The van der Waals surface area contributed by atoms with Crippen molar-refractivity contribution in [3.05, 3.63) is 54.4 Å². The van der Waals surface area contributed by atoms with Crippen molar-refractivity contribution in [2.75, 3.05) is 16.8 Å². The van der Waals surface area contributed by atoms with Gasteiger partial charge in [-0.1, -0.05) is 12.1 Å². The lowest BCUT2D eigenvalue weighted by molar-refractivity contribution is -0.122. The Hall–Kier alpha value is -3.22. The van der Waals surface area contributed by atoms with Gasteiger partial charge in [0, 0.05) is 24.9 Å². The lowest BCUT2D eigenvalue weighted by Crippen LogP contribution is -2.41. The third kappa shape index (κ3) is 3.65. The van der Waals surface area contributed by atoms with Gasteiger partial charge in [0.2, 0.25) is 5.91 Å². The monoisotopic (exact) mass is 339 g/mol. The maximum absolute atomic E-state index is 12.7. The van der Waals surface area contributed by atoms with Gasteiger partial charge in [0.25, 0.3) is 5.91 Å². The van der Waals surface area contributed by atoms with E-state index in [2.05, 4.69) is 10.3 Å². The van der Waals surface area contributed by atoms with E-state index in [1.165, 1.54) is 29.4 Å². The van der Waals surface area contributed by atoms with E-state index in [9.17, 15) is 14.4 Å². The van der Waals surface area contributed by atoms with E-state index in [-0.39, 0.29) is 24.3 Å². The standard InChI is InChI=1S/C18H17N3O4/c1-12-10-16(22)20-14-4-2-3-5-15(14)21(12)17(23)11-25-18(24)13-6-8-19-9-7-13/h2-9,12H,10-11H2,1H3,(H,20,22)/t12-/m0/s1. The molecule has 7 heteroatoms. The van der Waals surface area contributed by atoms with Crippen LogP contribution in [0.2, 0.25) is 0 Å². The molecular formula is C18H17N3O4. The second-order valence-electron chi connectivity index (χ2n) is 5.69. The number of benzene rings is 1. The summed E-state index contributed by atoms with van der Waals surface area (Å²) < 4.78 is 5.11. The van der Waals surface area contributed by atoms with Crippen LogP contribution >= 0.6 is 0 Å². The average molecular weight is 339 g/mol. The van der Waals surface area contributed by atoms with Crippen molar-refractivity contribution in [1.82, 2.24) is 4.98 Å². The maximum atomic E-state index is 12.7. The zero-order chi connectivity index (χ0) is 17.8. The minimum Gasteiger partial charge on any atom is -0.452 e. The number of carbonyl (C=O) groups is 3. The van der Waals surface area contributed by atoms with Gasteiger partial charge in [-0.25, -0.2) is 4.79 Å². The number of fused-ring (bicyclic) bond motifs is 1. The number of hydrogen-bond donors (Lipinski definition) is 1. The molecular weight excluding hydrogens is 322 g/mol. The van der Waals surface area contributed by atoms with E-state index in [1.807, 2.05) is 0 Å². The Balaban J connectivity index is 1.76. The zero-order valence-electron chi connectivity index (χ0n) is 13.6. The molecule has 0 aliphatic carbocycles.